The van der Waals surface area contributed by atoms with Crippen molar-refractivity contribution >= 4 is 22.8 Å². The zero-order valence-corrected chi connectivity index (χ0v) is 17.0. The van der Waals surface area contributed by atoms with Gasteiger partial charge in [-0.1, -0.05) is 37.3 Å². The fourth-order valence-electron chi connectivity index (χ4n) is 3.26. The normalized spacial score (nSPS) is 12.9. The molecule has 7 heteroatoms. The molecule has 2 N–H and O–H groups in total. The molecule has 0 aliphatic carbocycles. The van der Waals surface area contributed by atoms with Gasteiger partial charge in [-0.2, -0.15) is 0 Å². The van der Waals surface area contributed by atoms with Crippen LogP contribution in [0, 0.1) is 6.92 Å². The second-order valence-electron chi connectivity index (χ2n) is 6.96. The minimum atomic E-state index is -1.19. The maximum atomic E-state index is 12.6. The van der Waals surface area contributed by atoms with Crippen LogP contribution in [-0.2, 0) is 16.0 Å². The van der Waals surface area contributed by atoms with E-state index in [-0.39, 0.29) is 0 Å². The van der Waals surface area contributed by atoms with Gasteiger partial charge in [-0.25, -0.2) is 9.59 Å². The lowest BCUT2D eigenvalue weighted by Crippen LogP contribution is -2.41. The third-order valence-corrected chi connectivity index (χ3v) is 4.92. The van der Waals surface area contributed by atoms with Gasteiger partial charge in [0.05, 0.1) is 0 Å². The van der Waals surface area contributed by atoms with E-state index >= 15 is 0 Å². The summed E-state index contributed by atoms with van der Waals surface area (Å²) >= 11 is 0. The average molecular weight is 409 g/mol. The second kappa shape index (κ2) is 8.82. The SMILES string of the molecule is CCc1cc(=O)oc2c(C)c(O[C@H](C)C(=O)N[C@H](C(=O)O)c3ccccc3)ccc12. The molecule has 30 heavy (non-hydrogen) atoms. The van der Waals surface area contributed by atoms with Gasteiger partial charge in [0.25, 0.3) is 5.91 Å². The van der Waals surface area contributed by atoms with Crippen LogP contribution in [0.2, 0.25) is 0 Å². The molecule has 0 fully saturated rings. The van der Waals surface area contributed by atoms with Crippen LogP contribution in [-0.4, -0.2) is 23.1 Å². The lowest BCUT2D eigenvalue weighted by atomic mass is 10.0. The Bertz CT molecular complexity index is 1140. The molecule has 2 atom stereocenters. The van der Waals surface area contributed by atoms with Crippen molar-refractivity contribution in [1.82, 2.24) is 5.32 Å². The van der Waals surface area contributed by atoms with Gasteiger partial charge >= 0.3 is 11.6 Å². The first-order valence-electron chi connectivity index (χ1n) is 9.63. The van der Waals surface area contributed by atoms with E-state index in [1.165, 1.54) is 13.0 Å². The fourth-order valence-corrected chi connectivity index (χ4v) is 3.26. The summed E-state index contributed by atoms with van der Waals surface area (Å²) < 4.78 is 11.1. The number of benzene rings is 2. The van der Waals surface area contributed by atoms with Crippen LogP contribution in [0.1, 0.15) is 36.6 Å². The molecule has 7 nitrogen and oxygen atoms in total. The van der Waals surface area contributed by atoms with Gasteiger partial charge in [0.15, 0.2) is 12.1 Å². The van der Waals surface area contributed by atoms with Gasteiger partial charge in [-0.05, 0) is 43.5 Å². The number of hydrogen-bond donors (Lipinski definition) is 2. The Hall–Kier alpha value is -3.61. The number of fused-ring (bicyclic) bond motifs is 1. The van der Waals surface area contributed by atoms with Crippen molar-refractivity contribution in [1.29, 1.82) is 0 Å². The second-order valence-corrected chi connectivity index (χ2v) is 6.96. The Balaban J connectivity index is 1.83. The lowest BCUT2D eigenvalue weighted by molar-refractivity contribution is -0.143. The number of rotatable bonds is 7. The van der Waals surface area contributed by atoms with Gasteiger partial charge in [0.2, 0.25) is 0 Å². The van der Waals surface area contributed by atoms with Crippen LogP contribution in [0.15, 0.2) is 57.7 Å². The Morgan fingerprint density at radius 3 is 2.50 bits per heavy atom. The van der Waals surface area contributed by atoms with Crippen LogP contribution < -0.4 is 15.7 Å². The summed E-state index contributed by atoms with van der Waals surface area (Å²) in [7, 11) is 0. The quantitative estimate of drug-likeness (QED) is 0.580. The number of aryl methyl sites for hydroxylation is 2. The average Bonchev–Trinajstić information content (AvgIpc) is 2.73. The standard InChI is InChI=1S/C23H23NO6/c1-4-15-12-19(25)30-21-13(2)18(11-10-17(15)21)29-14(3)22(26)24-20(23(27)28)16-8-6-5-7-9-16/h5-12,14,20H,4H2,1-3H3,(H,24,26)(H,27,28)/t14-,20+/m1/s1. The van der Waals surface area contributed by atoms with Crippen LogP contribution in [0.25, 0.3) is 11.0 Å². The predicted molar refractivity (Wildman–Crippen MR) is 112 cm³/mol. The van der Waals surface area contributed by atoms with Gasteiger partial charge < -0.3 is 19.6 Å². The number of amides is 1. The first kappa shape index (κ1) is 21.1. The third kappa shape index (κ3) is 4.35. The third-order valence-electron chi connectivity index (χ3n) is 4.92. The van der Waals surface area contributed by atoms with Crippen molar-refractivity contribution in [2.75, 3.05) is 0 Å². The number of carbonyl (C=O) groups is 2. The topological polar surface area (TPSA) is 106 Å². The van der Waals surface area contributed by atoms with Crippen LogP contribution in [0.4, 0.5) is 0 Å². The summed E-state index contributed by atoms with van der Waals surface area (Å²) in [5.74, 6) is -1.36. The van der Waals surface area contributed by atoms with E-state index in [1.54, 1.807) is 49.4 Å². The number of nitrogens with one attached hydrogen (secondary N) is 1. The van der Waals surface area contributed by atoms with Gasteiger partial charge in [0, 0.05) is 17.0 Å². The fraction of sp³-hybridized carbons (Fsp3) is 0.261. The highest BCUT2D eigenvalue weighted by Gasteiger charge is 2.26. The van der Waals surface area contributed by atoms with E-state index in [2.05, 4.69) is 5.32 Å². The summed E-state index contributed by atoms with van der Waals surface area (Å²) in [5.41, 5.74) is 1.89. The molecule has 0 aliphatic heterocycles. The van der Waals surface area contributed by atoms with E-state index in [1.807, 2.05) is 6.92 Å². The summed E-state index contributed by atoms with van der Waals surface area (Å²) in [6.45, 7) is 5.22. The zero-order valence-electron chi connectivity index (χ0n) is 17.0. The van der Waals surface area contributed by atoms with E-state index in [0.29, 0.717) is 28.9 Å². The zero-order chi connectivity index (χ0) is 21.8. The Morgan fingerprint density at radius 2 is 1.87 bits per heavy atom. The molecular weight excluding hydrogens is 386 g/mol. The molecular formula is C23H23NO6. The smallest absolute Gasteiger partial charge is 0.336 e. The highest BCUT2D eigenvalue weighted by molar-refractivity contribution is 5.88. The Kier molecular flexibility index (Phi) is 6.20. The molecule has 1 heterocycles. The molecule has 156 valence electrons. The van der Waals surface area contributed by atoms with Crippen LogP contribution in [0.5, 0.6) is 5.75 Å². The molecule has 3 aromatic rings. The molecule has 3 rings (SSSR count). The largest absolute Gasteiger partial charge is 0.480 e. The summed E-state index contributed by atoms with van der Waals surface area (Å²) in [4.78, 5) is 36.1. The highest BCUT2D eigenvalue weighted by Crippen LogP contribution is 2.29. The van der Waals surface area contributed by atoms with Crippen molar-refractivity contribution in [3.8, 4) is 5.75 Å². The number of aliphatic carboxylic acids is 1. The molecule has 0 spiro atoms. The van der Waals surface area contributed by atoms with E-state index in [9.17, 15) is 19.5 Å². The lowest BCUT2D eigenvalue weighted by Gasteiger charge is -2.20. The van der Waals surface area contributed by atoms with Crippen molar-refractivity contribution in [2.45, 2.75) is 39.3 Å². The predicted octanol–water partition coefficient (Wildman–Crippen LogP) is 3.37. The Labute approximate surface area is 173 Å². The highest BCUT2D eigenvalue weighted by atomic mass is 16.5. The van der Waals surface area contributed by atoms with E-state index in [0.717, 1.165) is 10.9 Å². The minimum absolute atomic E-state index is 0.383. The number of hydrogen-bond acceptors (Lipinski definition) is 5. The monoisotopic (exact) mass is 409 g/mol. The maximum Gasteiger partial charge on any atom is 0.336 e. The van der Waals surface area contributed by atoms with Crippen LogP contribution in [0.3, 0.4) is 0 Å². The Morgan fingerprint density at radius 1 is 1.17 bits per heavy atom. The van der Waals surface area contributed by atoms with Crippen molar-refractivity contribution in [3.63, 3.8) is 0 Å². The molecule has 0 radical (unpaired) electrons. The van der Waals surface area contributed by atoms with Gasteiger partial charge in [-0.15, -0.1) is 0 Å². The number of carbonyl (C=O) groups excluding carboxylic acids is 1. The minimum Gasteiger partial charge on any atom is -0.480 e. The van der Waals surface area contributed by atoms with Crippen LogP contribution >= 0.6 is 0 Å². The van der Waals surface area contributed by atoms with E-state index < -0.39 is 29.6 Å². The summed E-state index contributed by atoms with van der Waals surface area (Å²) in [5, 5.41) is 12.8. The number of carboxylic acid groups (broad SMARTS) is 1. The van der Waals surface area contributed by atoms with Crippen molar-refractivity contribution < 1.29 is 23.8 Å². The van der Waals surface area contributed by atoms with Crippen molar-refractivity contribution in [3.05, 3.63) is 75.6 Å². The molecule has 1 aromatic heterocycles. The summed E-state index contributed by atoms with van der Waals surface area (Å²) in [6.07, 6.45) is -0.288. The molecule has 2 aromatic carbocycles. The molecule has 0 saturated carbocycles. The molecule has 0 unspecified atom stereocenters. The maximum absolute atomic E-state index is 12.6. The van der Waals surface area contributed by atoms with Gasteiger partial charge in [0.1, 0.15) is 11.3 Å². The van der Waals surface area contributed by atoms with Crippen molar-refractivity contribution in [2.24, 2.45) is 0 Å². The first-order valence-corrected chi connectivity index (χ1v) is 9.63. The van der Waals surface area contributed by atoms with Gasteiger partial charge in [-0.3, -0.25) is 4.79 Å². The molecule has 0 saturated heterocycles. The molecule has 1 amide bonds. The molecule has 0 bridgehead atoms. The summed E-state index contributed by atoms with van der Waals surface area (Å²) in [6, 6.07) is 12.2. The number of carboxylic acids is 1. The molecule has 0 aliphatic rings. The first-order chi connectivity index (χ1) is 14.3. The van der Waals surface area contributed by atoms with E-state index in [4.69, 9.17) is 9.15 Å². The number of ether oxygens (including phenoxy) is 1.